The average molecular weight is 300 g/mol. The van der Waals surface area contributed by atoms with Crippen molar-refractivity contribution in [1.82, 2.24) is 19.8 Å². The zero-order valence-electron chi connectivity index (χ0n) is 11.6. The summed E-state index contributed by atoms with van der Waals surface area (Å²) in [6, 6.07) is 0.160. The molecule has 0 unspecified atom stereocenters. The highest BCUT2D eigenvalue weighted by atomic mass is 32.2. The molecule has 0 bridgehead atoms. The van der Waals surface area contributed by atoms with Gasteiger partial charge in [-0.25, -0.2) is 13.1 Å². The molecule has 0 amide bonds. The van der Waals surface area contributed by atoms with E-state index in [4.69, 9.17) is 4.52 Å². The Morgan fingerprint density at radius 3 is 2.90 bits per heavy atom. The van der Waals surface area contributed by atoms with E-state index in [0.29, 0.717) is 19.0 Å². The summed E-state index contributed by atoms with van der Waals surface area (Å²) in [5, 5.41) is 4.10. The largest absolute Gasteiger partial charge is 0.339 e. The Kier molecular flexibility index (Phi) is 3.78. The smallest absolute Gasteiger partial charge is 0.229 e. The van der Waals surface area contributed by atoms with E-state index < -0.39 is 10.0 Å². The van der Waals surface area contributed by atoms with Crippen LogP contribution < -0.4 is 4.72 Å². The minimum atomic E-state index is -3.12. The van der Waals surface area contributed by atoms with Gasteiger partial charge in [0, 0.05) is 19.0 Å². The molecule has 20 heavy (non-hydrogen) atoms. The van der Waals surface area contributed by atoms with E-state index in [1.807, 2.05) is 0 Å². The fraction of sp³-hybridized carbons (Fsp3) is 0.833. The third-order valence-electron chi connectivity index (χ3n) is 3.81. The molecular weight excluding hydrogens is 280 g/mol. The van der Waals surface area contributed by atoms with Gasteiger partial charge in [0.1, 0.15) is 0 Å². The van der Waals surface area contributed by atoms with Crippen LogP contribution in [0.1, 0.15) is 49.4 Å². The van der Waals surface area contributed by atoms with E-state index in [2.05, 4.69) is 19.8 Å². The van der Waals surface area contributed by atoms with Crippen LogP contribution in [0.25, 0.3) is 0 Å². The van der Waals surface area contributed by atoms with Gasteiger partial charge in [-0.05, 0) is 32.2 Å². The molecule has 2 aliphatic rings. The van der Waals surface area contributed by atoms with Gasteiger partial charge < -0.3 is 4.52 Å². The summed E-state index contributed by atoms with van der Waals surface area (Å²) in [6.07, 6.45) is 5.55. The van der Waals surface area contributed by atoms with Crippen LogP contribution in [0.3, 0.4) is 0 Å². The molecule has 1 atom stereocenters. The van der Waals surface area contributed by atoms with Crippen LogP contribution in [0.15, 0.2) is 4.52 Å². The normalized spacial score (nSPS) is 24.4. The Hall–Kier alpha value is -0.990. The van der Waals surface area contributed by atoms with Gasteiger partial charge in [0.25, 0.3) is 0 Å². The van der Waals surface area contributed by atoms with Crippen molar-refractivity contribution in [2.75, 3.05) is 25.9 Å². The molecule has 0 spiro atoms. The van der Waals surface area contributed by atoms with Gasteiger partial charge in [0.15, 0.2) is 5.82 Å². The summed E-state index contributed by atoms with van der Waals surface area (Å²) >= 11 is 0. The first kappa shape index (κ1) is 14.0. The Morgan fingerprint density at radius 2 is 2.20 bits per heavy atom. The molecule has 8 heteroatoms. The maximum atomic E-state index is 11.1. The van der Waals surface area contributed by atoms with Gasteiger partial charge in [-0.1, -0.05) is 5.16 Å². The maximum Gasteiger partial charge on any atom is 0.229 e. The number of nitrogens with zero attached hydrogens (tertiary/aromatic N) is 3. The molecule has 7 nitrogen and oxygen atoms in total. The number of hydrogen-bond acceptors (Lipinski definition) is 6. The van der Waals surface area contributed by atoms with Crippen molar-refractivity contribution in [1.29, 1.82) is 0 Å². The predicted octanol–water partition coefficient (Wildman–Crippen LogP) is 0.633. The fourth-order valence-corrected chi connectivity index (χ4v) is 3.10. The number of rotatable bonds is 6. The van der Waals surface area contributed by atoms with Gasteiger partial charge >= 0.3 is 0 Å². The number of nitrogens with one attached hydrogen (secondary N) is 1. The van der Waals surface area contributed by atoms with Crippen LogP contribution in [0.2, 0.25) is 0 Å². The van der Waals surface area contributed by atoms with E-state index in [1.165, 1.54) is 6.26 Å². The van der Waals surface area contributed by atoms with Gasteiger partial charge in [-0.3, -0.25) is 4.90 Å². The molecule has 3 rings (SSSR count). The quantitative estimate of drug-likeness (QED) is 0.829. The maximum absolute atomic E-state index is 11.1. The summed E-state index contributed by atoms with van der Waals surface area (Å²) in [5.41, 5.74) is 0. The first-order chi connectivity index (χ1) is 9.53. The van der Waals surface area contributed by atoms with Crippen molar-refractivity contribution in [2.45, 2.75) is 37.6 Å². The molecule has 1 aromatic heterocycles. The second-order valence-corrected chi connectivity index (χ2v) is 7.46. The number of likely N-dealkylation sites (tertiary alicyclic amines) is 1. The second-order valence-electron chi connectivity index (χ2n) is 5.63. The third kappa shape index (κ3) is 3.36. The average Bonchev–Trinajstić information content (AvgIpc) is 2.92. The zero-order valence-corrected chi connectivity index (χ0v) is 12.4. The van der Waals surface area contributed by atoms with Crippen LogP contribution in [-0.4, -0.2) is 49.3 Å². The molecule has 1 saturated carbocycles. The second kappa shape index (κ2) is 5.42. The summed E-state index contributed by atoms with van der Waals surface area (Å²) in [6.45, 7) is 2.04. The van der Waals surface area contributed by atoms with Crippen molar-refractivity contribution in [2.24, 2.45) is 0 Å². The standard InChI is InChI=1S/C12H20N4O3S/c1-20(17,18)13-6-8-16-7-2-3-10(16)11-14-12(19-15-11)9-4-5-9/h9-10,13H,2-8H2,1H3/t10-/m1/s1. The highest BCUT2D eigenvalue weighted by Gasteiger charge is 2.33. The molecular formula is C12H20N4O3S. The van der Waals surface area contributed by atoms with Gasteiger partial charge in [0.05, 0.1) is 12.3 Å². The SMILES string of the molecule is CS(=O)(=O)NCCN1CCC[C@@H]1c1noc(C2CC2)n1. The molecule has 112 valence electrons. The predicted molar refractivity (Wildman–Crippen MR) is 72.7 cm³/mol. The summed E-state index contributed by atoms with van der Waals surface area (Å²) < 4.78 is 30.0. The van der Waals surface area contributed by atoms with E-state index in [1.54, 1.807) is 0 Å². The molecule has 1 aromatic rings. The highest BCUT2D eigenvalue weighted by Crippen LogP contribution is 2.40. The Labute approximate surface area is 118 Å². The van der Waals surface area contributed by atoms with Crippen LogP contribution in [0, 0.1) is 0 Å². The lowest BCUT2D eigenvalue weighted by molar-refractivity contribution is 0.246. The molecule has 2 heterocycles. The number of sulfonamides is 1. The van der Waals surface area contributed by atoms with Crippen LogP contribution in [0.5, 0.6) is 0 Å². The van der Waals surface area contributed by atoms with E-state index >= 15 is 0 Å². The Balaban J connectivity index is 1.59. The van der Waals surface area contributed by atoms with Crippen molar-refractivity contribution in [3.8, 4) is 0 Å². The van der Waals surface area contributed by atoms with Gasteiger partial charge in [-0.15, -0.1) is 0 Å². The molecule has 1 saturated heterocycles. The summed E-state index contributed by atoms with van der Waals surface area (Å²) in [5.74, 6) is 1.99. The monoisotopic (exact) mass is 300 g/mol. The number of hydrogen-bond donors (Lipinski definition) is 1. The van der Waals surface area contributed by atoms with Crippen LogP contribution in [-0.2, 0) is 10.0 Å². The zero-order chi connectivity index (χ0) is 14.2. The van der Waals surface area contributed by atoms with Crippen molar-refractivity contribution in [3.63, 3.8) is 0 Å². The first-order valence-electron chi connectivity index (χ1n) is 7.05. The van der Waals surface area contributed by atoms with Crippen LogP contribution >= 0.6 is 0 Å². The lowest BCUT2D eigenvalue weighted by Crippen LogP contribution is -2.34. The molecule has 0 aromatic carbocycles. The summed E-state index contributed by atoms with van der Waals surface area (Å²) in [7, 11) is -3.12. The van der Waals surface area contributed by atoms with E-state index in [9.17, 15) is 8.42 Å². The van der Waals surface area contributed by atoms with Crippen molar-refractivity contribution in [3.05, 3.63) is 11.7 Å². The molecule has 0 radical (unpaired) electrons. The van der Waals surface area contributed by atoms with Gasteiger partial charge in [-0.2, -0.15) is 4.98 Å². The molecule has 1 aliphatic carbocycles. The topological polar surface area (TPSA) is 88.3 Å². The minimum absolute atomic E-state index is 0.160. The van der Waals surface area contributed by atoms with Crippen LogP contribution in [0.4, 0.5) is 0 Å². The summed E-state index contributed by atoms with van der Waals surface area (Å²) in [4.78, 5) is 6.73. The lowest BCUT2D eigenvalue weighted by atomic mass is 10.2. The van der Waals surface area contributed by atoms with Crippen molar-refractivity contribution >= 4 is 10.0 Å². The molecule has 1 N–H and O–H groups in total. The lowest BCUT2D eigenvalue weighted by Gasteiger charge is -2.21. The number of aromatic nitrogens is 2. The third-order valence-corrected chi connectivity index (χ3v) is 4.54. The Morgan fingerprint density at radius 1 is 1.40 bits per heavy atom. The van der Waals surface area contributed by atoms with E-state index in [-0.39, 0.29) is 6.04 Å². The fourth-order valence-electron chi connectivity index (χ4n) is 2.64. The van der Waals surface area contributed by atoms with E-state index in [0.717, 1.165) is 43.9 Å². The first-order valence-corrected chi connectivity index (χ1v) is 8.94. The van der Waals surface area contributed by atoms with Crippen molar-refractivity contribution < 1.29 is 12.9 Å². The molecule has 2 fully saturated rings. The highest BCUT2D eigenvalue weighted by molar-refractivity contribution is 7.88. The molecule has 1 aliphatic heterocycles. The van der Waals surface area contributed by atoms with Gasteiger partial charge in [0.2, 0.25) is 15.9 Å². The Bertz CT molecular complexity index is 567. The minimum Gasteiger partial charge on any atom is -0.339 e.